The van der Waals surface area contributed by atoms with Crippen LogP contribution in [0.3, 0.4) is 0 Å². The summed E-state index contributed by atoms with van der Waals surface area (Å²) < 4.78 is 61.0. The molecule has 25 heteroatoms. The van der Waals surface area contributed by atoms with E-state index in [-0.39, 0.29) is 34.1 Å². The van der Waals surface area contributed by atoms with Crippen LogP contribution in [0.4, 0.5) is 11.8 Å². The van der Waals surface area contributed by atoms with E-state index < -0.39 is 83.5 Å². The molecule has 2 bridgehead atoms. The lowest BCUT2D eigenvalue weighted by atomic mass is 10.1. The maximum Gasteiger partial charge on any atom is 0.472 e. The Kier molecular flexibility index (Phi) is 7.27. The summed E-state index contributed by atoms with van der Waals surface area (Å²) in [7, 11) is -10.2. The maximum atomic E-state index is 13.2. The van der Waals surface area contributed by atoms with Crippen molar-refractivity contribution in [2.75, 3.05) is 24.7 Å². The van der Waals surface area contributed by atoms with Crippen molar-refractivity contribution in [3.63, 3.8) is 0 Å². The molecule has 3 saturated heterocycles. The number of phosphoric acid groups is 2. The van der Waals surface area contributed by atoms with E-state index in [2.05, 4.69) is 29.9 Å². The molecule has 242 valence electrons. The van der Waals surface area contributed by atoms with Gasteiger partial charge < -0.3 is 40.9 Å². The average molecular weight is 674 g/mol. The van der Waals surface area contributed by atoms with Crippen molar-refractivity contribution in [3.8, 4) is 0 Å². The summed E-state index contributed by atoms with van der Waals surface area (Å²) in [4.78, 5) is 55.8. The van der Waals surface area contributed by atoms with Crippen molar-refractivity contribution in [2.24, 2.45) is 0 Å². The first-order chi connectivity index (χ1) is 21.3. The van der Waals surface area contributed by atoms with Crippen LogP contribution in [0.25, 0.3) is 22.3 Å². The lowest BCUT2D eigenvalue weighted by molar-refractivity contribution is -0.0672. The number of nitrogens with zero attached hydrogens (tertiary/aromatic N) is 7. The molecule has 4 aromatic heterocycles. The molecular weight excluding hydrogens is 650 g/mol. The highest BCUT2D eigenvalue weighted by Crippen LogP contribution is 2.53. The second kappa shape index (κ2) is 10.8. The van der Waals surface area contributed by atoms with Crippen molar-refractivity contribution in [1.82, 2.24) is 39.0 Å². The van der Waals surface area contributed by atoms with Gasteiger partial charge in [-0.1, -0.05) is 0 Å². The largest absolute Gasteiger partial charge is 0.472 e. The van der Waals surface area contributed by atoms with Crippen molar-refractivity contribution in [2.45, 2.75) is 49.1 Å². The van der Waals surface area contributed by atoms with Gasteiger partial charge in [-0.3, -0.25) is 37.0 Å². The van der Waals surface area contributed by atoms with E-state index in [1.807, 2.05) is 0 Å². The van der Waals surface area contributed by atoms with E-state index in [9.17, 15) is 33.9 Å². The monoisotopic (exact) mass is 674 g/mol. The van der Waals surface area contributed by atoms with E-state index in [1.165, 1.54) is 10.9 Å². The summed E-state index contributed by atoms with van der Waals surface area (Å²) in [5.41, 5.74) is 10.8. The number of aliphatic hydroxyl groups excluding tert-OH is 2. The Labute approximate surface area is 248 Å². The van der Waals surface area contributed by atoms with Crippen LogP contribution in [-0.2, 0) is 36.7 Å². The first-order valence-corrected chi connectivity index (χ1v) is 15.9. The molecule has 3 aliphatic heterocycles. The summed E-state index contributed by atoms with van der Waals surface area (Å²) in [6, 6.07) is 0. The highest BCUT2D eigenvalue weighted by Gasteiger charge is 2.54. The van der Waals surface area contributed by atoms with E-state index in [0.717, 1.165) is 17.2 Å². The number of aliphatic hydroxyl groups is 2. The van der Waals surface area contributed by atoms with E-state index in [1.54, 1.807) is 0 Å². The van der Waals surface area contributed by atoms with Crippen LogP contribution in [0.2, 0.25) is 0 Å². The number of hydrogen-bond donors (Lipinski definition) is 7. The summed E-state index contributed by atoms with van der Waals surface area (Å²) in [6.45, 7) is -1.65. The molecule has 23 nitrogen and oxygen atoms in total. The van der Waals surface area contributed by atoms with E-state index >= 15 is 0 Å². The van der Waals surface area contributed by atoms with Gasteiger partial charge in [0.05, 0.1) is 25.9 Å². The summed E-state index contributed by atoms with van der Waals surface area (Å²) in [5, 5.41) is 22.1. The molecule has 10 atom stereocenters. The van der Waals surface area contributed by atoms with Gasteiger partial charge in [0.2, 0.25) is 5.95 Å². The number of nitrogen functional groups attached to an aromatic ring is 2. The van der Waals surface area contributed by atoms with Gasteiger partial charge in [-0.2, -0.15) is 4.98 Å². The lowest BCUT2D eigenvalue weighted by Crippen LogP contribution is -2.36. The molecule has 0 aliphatic carbocycles. The highest BCUT2D eigenvalue weighted by molar-refractivity contribution is 7.47. The molecule has 0 saturated carbocycles. The van der Waals surface area contributed by atoms with Gasteiger partial charge in [0.25, 0.3) is 5.56 Å². The van der Waals surface area contributed by atoms with Crippen molar-refractivity contribution >= 4 is 49.7 Å². The van der Waals surface area contributed by atoms with Gasteiger partial charge >= 0.3 is 15.6 Å². The minimum atomic E-state index is -5.11. The molecule has 7 heterocycles. The normalized spacial score (nSPS) is 37.7. The third-order valence-corrected chi connectivity index (χ3v) is 9.29. The zero-order valence-corrected chi connectivity index (χ0v) is 24.2. The third kappa shape index (κ3) is 5.31. The molecule has 4 aromatic rings. The predicted octanol–water partition coefficient (Wildman–Crippen LogP) is -2.34. The molecule has 0 radical (unpaired) electrons. The van der Waals surface area contributed by atoms with Crippen LogP contribution in [0, 0.1) is 0 Å². The van der Waals surface area contributed by atoms with Gasteiger partial charge in [0.15, 0.2) is 35.1 Å². The number of nitrogens with one attached hydrogen (secondary N) is 1. The number of imidazole rings is 2. The molecule has 3 fully saturated rings. The molecule has 3 aliphatic rings. The van der Waals surface area contributed by atoms with Gasteiger partial charge in [-0.05, 0) is 0 Å². The number of phosphoric ester groups is 2. The van der Waals surface area contributed by atoms with Gasteiger partial charge in [-0.25, -0.2) is 29.1 Å². The molecule has 9 N–H and O–H groups in total. The lowest BCUT2D eigenvalue weighted by Gasteiger charge is -2.25. The maximum absolute atomic E-state index is 13.2. The van der Waals surface area contributed by atoms with Crippen LogP contribution in [0.5, 0.6) is 0 Å². The fourth-order valence-corrected chi connectivity index (χ4v) is 7.19. The fraction of sp³-hybridized carbons (Fsp3) is 0.500. The van der Waals surface area contributed by atoms with Crippen molar-refractivity contribution in [3.05, 3.63) is 29.3 Å². The van der Waals surface area contributed by atoms with Crippen LogP contribution in [-0.4, -0.2) is 109 Å². The molecule has 7 rings (SSSR count). The smallest absolute Gasteiger partial charge is 0.387 e. The number of rotatable bonds is 2. The SMILES string of the molecule is Nc1nc2c(ncn2[C@@H]2O[C@@H]3COP(=O)(O)O[C@@H]4C(O)[C@H](n5cnc6c(N)ncnc65)O[C@@H]4COP(=O)(O)OC2C3O)c(=O)[nH]1. The van der Waals surface area contributed by atoms with E-state index in [4.69, 9.17) is 39.0 Å². The number of anilines is 2. The Morgan fingerprint density at radius 2 is 1.44 bits per heavy atom. The molecule has 5 unspecified atom stereocenters. The Hall–Kier alpha value is -3.44. The minimum Gasteiger partial charge on any atom is -0.387 e. The summed E-state index contributed by atoms with van der Waals surface area (Å²) in [6.07, 6.45) is -9.21. The Balaban J connectivity index is 1.21. The molecule has 0 aromatic carbocycles. The zero-order chi connectivity index (χ0) is 31.8. The van der Waals surface area contributed by atoms with Gasteiger partial charge in [-0.15, -0.1) is 0 Å². The Bertz CT molecular complexity index is 1940. The minimum absolute atomic E-state index is 0.0343. The number of nitrogens with two attached hydrogens (primary N) is 2. The van der Waals surface area contributed by atoms with Crippen LogP contribution in [0.15, 0.2) is 23.8 Å². The molecule has 0 amide bonds. The number of H-pyrrole nitrogens is 1. The quantitative estimate of drug-likeness (QED) is 0.109. The number of fused-ring (bicyclic) bond motifs is 5. The molecule has 45 heavy (non-hydrogen) atoms. The van der Waals surface area contributed by atoms with Crippen molar-refractivity contribution < 1.29 is 56.7 Å². The first-order valence-electron chi connectivity index (χ1n) is 13.0. The standard InChI is InChI=1S/C20H24N10O13P2/c21-14-8-15(24-3-23-14)29(4-25-8)18-11(32)12-7(41-18)2-39-45(36,37)43-13-10(31)6(1-38-44(34,35)42-12)40-19(13)30-5-26-9-16(30)27-20(22)28-17(9)33/h3-7,10-13,18-19,31-32H,1-2H2,(H,34,35)(H,36,37)(H2,21,23,24)(H3,22,27,28,33)/t6-,7-,10?,11?,12+,13?,18-,19-/m1/s1. The second-order valence-electron chi connectivity index (χ2n) is 10.1. The van der Waals surface area contributed by atoms with E-state index in [0.29, 0.717) is 0 Å². The first kappa shape index (κ1) is 30.2. The second-order valence-corrected chi connectivity index (χ2v) is 13.0. The fourth-order valence-electron chi connectivity index (χ4n) is 5.30. The topological polar surface area (TPSA) is 330 Å². The molecule has 0 spiro atoms. The highest BCUT2D eigenvalue weighted by atomic mass is 31.2. The average Bonchev–Trinajstić information content (AvgIpc) is 3.72. The number of hydrogen-bond acceptors (Lipinski definition) is 18. The zero-order valence-electron chi connectivity index (χ0n) is 22.4. The number of ether oxygens (including phenoxy) is 2. The summed E-state index contributed by atoms with van der Waals surface area (Å²) >= 11 is 0. The van der Waals surface area contributed by atoms with Gasteiger partial charge in [0.1, 0.15) is 48.5 Å². The Morgan fingerprint density at radius 1 is 0.822 bits per heavy atom. The summed E-state index contributed by atoms with van der Waals surface area (Å²) in [5.74, 6) is -0.250. The van der Waals surface area contributed by atoms with Crippen LogP contribution >= 0.6 is 15.6 Å². The number of aromatic nitrogens is 8. The number of aromatic amines is 1. The van der Waals surface area contributed by atoms with Crippen LogP contribution in [0.1, 0.15) is 12.5 Å². The third-order valence-electron chi connectivity index (χ3n) is 7.32. The molecular formula is C20H24N10O13P2. The van der Waals surface area contributed by atoms with Gasteiger partial charge in [0, 0.05) is 0 Å². The van der Waals surface area contributed by atoms with Crippen LogP contribution < -0.4 is 17.0 Å². The van der Waals surface area contributed by atoms with Crippen molar-refractivity contribution in [1.29, 1.82) is 0 Å². The Morgan fingerprint density at radius 3 is 2.18 bits per heavy atom. The predicted molar refractivity (Wildman–Crippen MR) is 143 cm³/mol.